The van der Waals surface area contributed by atoms with Gasteiger partial charge in [-0.15, -0.1) is 0 Å². The molecular formula is C21H28N6O2. The number of carbonyl (C=O) groups is 2. The van der Waals surface area contributed by atoms with Crippen molar-refractivity contribution in [2.45, 2.75) is 31.3 Å². The zero-order valence-electron chi connectivity index (χ0n) is 16.8. The maximum Gasteiger partial charge on any atom is 0.317 e. The molecule has 2 aliphatic rings. The van der Waals surface area contributed by atoms with Crippen LogP contribution in [0.3, 0.4) is 0 Å². The van der Waals surface area contributed by atoms with Crippen molar-refractivity contribution < 1.29 is 9.59 Å². The Labute approximate surface area is 170 Å². The van der Waals surface area contributed by atoms with Crippen molar-refractivity contribution in [3.05, 3.63) is 48.3 Å². The Morgan fingerprint density at radius 3 is 2.83 bits per heavy atom. The van der Waals surface area contributed by atoms with E-state index < -0.39 is 5.54 Å². The minimum absolute atomic E-state index is 0.0824. The molecule has 0 radical (unpaired) electrons. The lowest BCUT2D eigenvalue weighted by atomic mass is 9.85. The van der Waals surface area contributed by atoms with Crippen molar-refractivity contribution >= 4 is 11.9 Å². The van der Waals surface area contributed by atoms with E-state index in [0.717, 1.165) is 30.8 Å². The molecule has 0 unspecified atom stereocenters. The van der Waals surface area contributed by atoms with Crippen molar-refractivity contribution in [3.8, 4) is 5.69 Å². The molecule has 2 fully saturated rings. The highest BCUT2D eigenvalue weighted by molar-refractivity contribution is 5.87. The molecule has 2 aromatic rings. The number of aromatic nitrogens is 2. The van der Waals surface area contributed by atoms with Gasteiger partial charge in [-0.25, -0.2) is 9.48 Å². The Morgan fingerprint density at radius 1 is 1.24 bits per heavy atom. The van der Waals surface area contributed by atoms with E-state index in [1.165, 1.54) is 0 Å². The number of hydrogen-bond donors (Lipinski definition) is 2. The van der Waals surface area contributed by atoms with E-state index in [9.17, 15) is 9.59 Å². The van der Waals surface area contributed by atoms with Crippen LogP contribution in [-0.2, 0) is 11.3 Å². The topological polar surface area (TPSA) is 82.5 Å². The normalized spacial score (nSPS) is 19.6. The van der Waals surface area contributed by atoms with Crippen LogP contribution in [-0.4, -0.2) is 70.3 Å². The summed E-state index contributed by atoms with van der Waals surface area (Å²) in [7, 11) is 2.02. The molecule has 2 N–H and O–H groups in total. The van der Waals surface area contributed by atoms with Gasteiger partial charge in [0.1, 0.15) is 5.54 Å². The Kier molecular flexibility index (Phi) is 5.53. The van der Waals surface area contributed by atoms with Gasteiger partial charge in [0.2, 0.25) is 5.91 Å². The summed E-state index contributed by atoms with van der Waals surface area (Å²) in [5.74, 6) is 0.105. The number of carbonyl (C=O) groups excluding carboxylic acids is 2. The number of rotatable bonds is 3. The number of likely N-dealkylation sites (N-methyl/N-ethyl adjacent to an activating group) is 1. The monoisotopic (exact) mass is 396 g/mol. The highest BCUT2D eigenvalue weighted by atomic mass is 16.2. The third kappa shape index (κ3) is 3.98. The van der Waals surface area contributed by atoms with Crippen LogP contribution in [0.25, 0.3) is 5.69 Å². The average Bonchev–Trinajstić information content (AvgIpc) is 3.26. The van der Waals surface area contributed by atoms with Crippen LogP contribution in [0.5, 0.6) is 0 Å². The molecule has 8 heteroatoms. The molecule has 1 aromatic heterocycles. The molecule has 154 valence electrons. The zero-order chi connectivity index (χ0) is 20.3. The first-order chi connectivity index (χ1) is 14.1. The van der Waals surface area contributed by atoms with Crippen molar-refractivity contribution in [1.29, 1.82) is 0 Å². The third-order valence-electron chi connectivity index (χ3n) is 6.11. The van der Waals surface area contributed by atoms with E-state index in [1.54, 1.807) is 10.9 Å². The largest absolute Gasteiger partial charge is 0.354 e. The smallest absolute Gasteiger partial charge is 0.317 e. The van der Waals surface area contributed by atoms with Gasteiger partial charge >= 0.3 is 6.03 Å². The highest BCUT2D eigenvalue weighted by Gasteiger charge is 2.46. The quantitative estimate of drug-likeness (QED) is 0.821. The summed E-state index contributed by atoms with van der Waals surface area (Å²) >= 11 is 0. The van der Waals surface area contributed by atoms with Crippen molar-refractivity contribution in [1.82, 2.24) is 30.2 Å². The molecule has 2 aliphatic heterocycles. The van der Waals surface area contributed by atoms with Crippen LogP contribution in [0, 0.1) is 0 Å². The SMILES string of the molecule is CN1CCCNC(=O)C12CCN(C(=O)NCc1cccc(-n3cccn3)c1)CC2. The van der Waals surface area contributed by atoms with E-state index in [4.69, 9.17) is 0 Å². The molecule has 0 aliphatic carbocycles. The van der Waals surface area contributed by atoms with Crippen LogP contribution in [0.1, 0.15) is 24.8 Å². The van der Waals surface area contributed by atoms with Gasteiger partial charge in [-0.05, 0) is 50.1 Å². The standard InChI is InChI=1S/C21H28N6O2/c1-25-11-3-9-22-19(28)21(25)7-13-26(14-8-21)20(29)23-16-17-5-2-6-18(15-17)27-12-4-10-24-27/h2,4-6,10,12,15H,3,7-9,11,13-14,16H2,1H3,(H,22,28)(H,23,29). The second kappa shape index (κ2) is 8.24. The molecule has 4 rings (SSSR count). The predicted molar refractivity (Wildman–Crippen MR) is 110 cm³/mol. The lowest BCUT2D eigenvalue weighted by Gasteiger charge is -2.44. The summed E-state index contributed by atoms with van der Waals surface area (Å²) in [4.78, 5) is 29.3. The molecule has 8 nitrogen and oxygen atoms in total. The van der Waals surface area contributed by atoms with E-state index in [0.29, 0.717) is 32.5 Å². The van der Waals surface area contributed by atoms with Crippen LogP contribution in [0.4, 0.5) is 4.79 Å². The molecular weight excluding hydrogens is 368 g/mol. The maximum atomic E-state index is 12.7. The Morgan fingerprint density at radius 2 is 2.07 bits per heavy atom. The first-order valence-corrected chi connectivity index (χ1v) is 10.2. The van der Waals surface area contributed by atoms with E-state index in [1.807, 2.05) is 48.5 Å². The third-order valence-corrected chi connectivity index (χ3v) is 6.11. The molecule has 1 aromatic carbocycles. The number of nitrogens with zero attached hydrogens (tertiary/aromatic N) is 4. The predicted octanol–water partition coefficient (Wildman–Crippen LogP) is 1.37. The van der Waals surface area contributed by atoms with Gasteiger partial charge in [0.15, 0.2) is 0 Å². The molecule has 0 bridgehead atoms. The lowest BCUT2D eigenvalue weighted by molar-refractivity contribution is -0.134. The van der Waals surface area contributed by atoms with Gasteiger partial charge in [0, 0.05) is 45.1 Å². The first kappa shape index (κ1) is 19.4. The zero-order valence-corrected chi connectivity index (χ0v) is 16.8. The minimum atomic E-state index is -0.481. The fourth-order valence-corrected chi connectivity index (χ4v) is 4.28. The summed E-state index contributed by atoms with van der Waals surface area (Å²) < 4.78 is 1.80. The van der Waals surface area contributed by atoms with Gasteiger partial charge in [-0.1, -0.05) is 12.1 Å². The van der Waals surface area contributed by atoms with Crippen molar-refractivity contribution in [2.24, 2.45) is 0 Å². The Bertz CT molecular complexity index is 858. The first-order valence-electron chi connectivity index (χ1n) is 10.2. The molecule has 3 amide bonds. The molecule has 1 spiro atoms. The Balaban J connectivity index is 1.34. The van der Waals surface area contributed by atoms with Gasteiger partial charge < -0.3 is 15.5 Å². The van der Waals surface area contributed by atoms with Crippen LogP contribution >= 0.6 is 0 Å². The van der Waals surface area contributed by atoms with Gasteiger partial charge in [0.25, 0.3) is 0 Å². The summed E-state index contributed by atoms with van der Waals surface area (Å²) in [6.45, 7) is 3.24. The highest BCUT2D eigenvalue weighted by Crippen LogP contribution is 2.30. The summed E-state index contributed by atoms with van der Waals surface area (Å²) in [5.41, 5.74) is 1.50. The minimum Gasteiger partial charge on any atom is -0.354 e. The van der Waals surface area contributed by atoms with Crippen LogP contribution in [0.15, 0.2) is 42.7 Å². The second-order valence-corrected chi connectivity index (χ2v) is 7.83. The van der Waals surface area contributed by atoms with E-state index >= 15 is 0 Å². The van der Waals surface area contributed by atoms with Crippen molar-refractivity contribution in [3.63, 3.8) is 0 Å². The van der Waals surface area contributed by atoms with Gasteiger partial charge in [-0.2, -0.15) is 5.10 Å². The second-order valence-electron chi connectivity index (χ2n) is 7.83. The fraction of sp³-hybridized carbons (Fsp3) is 0.476. The summed E-state index contributed by atoms with van der Waals surface area (Å²) in [6, 6.07) is 9.75. The van der Waals surface area contributed by atoms with Crippen LogP contribution in [0.2, 0.25) is 0 Å². The van der Waals surface area contributed by atoms with Crippen molar-refractivity contribution in [2.75, 3.05) is 33.2 Å². The number of amides is 3. The lowest BCUT2D eigenvalue weighted by Crippen LogP contribution is -2.62. The summed E-state index contributed by atoms with van der Waals surface area (Å²) in [5, 5.41) is 10.3. The Hall–Kier alpha value is -2.87. The number of likely N-dealkylation sites (tertiary alicyclic amines) is 1. The van der Waals surface area contributed by atoms with Crippen LogP contribution < -0.4 is 10.6 Å². The maximum absolute atomic E-state index is 12.7. The van der Waals surface area contributed by atoms with E-state index in [-0.39, 0.29) is 11.9 Å². The molecule has 2 saturated heterocycles. The number of benzene rings is 1. The number of piperidine rings is 1. The van der Waals surface area contributed by atoms with E-state index in [2.05, 4.69) is 20.6 Å². The van der Waals surface area contributed by atoms with Gasteiger partial charge in [-0.3, -0.25) is 9.69 Å². The number of hydrogen-bond acceptors (Lipinski definition) is 4. The number of urea groups is 1. The fourth-order valence-electron chi connectivity index (χ4n) is 4.28. The molecule has 0 saturated carbocycles. The summed E-state index contributed by atoms with van der Waals surface area (Å²) in [6.07, 6.45) is 5.92. The van der Waals surface area contributed by atoms with Gasteiger partial charge in [0.05, 0.1) is 5.69 Å². The molecule has 0 atom stereocenters. The number of nitrogens with one attached hydrogen (secondary N) is 2. The average molecular weight is 396 g/mol. The molecule has 3 heterocycles. The molecule has 29 heavy (non-hydrogen) atoms.